The Bertz CT molecular complexity index is 803. The van der Waals surface area contributed by atoms with Crippen molar-refractivity contribution in [2.24, 2.45) is 0 Å². The Balaban J connectivity index is 2.11. The molecule has 3 aromatic heterocycles. The van der Waals surface area contributed by atoms with Gasteiger partial charge in [-0.15, -0.1) is 5.10 Å². The maximum Gasteiger partial charge on any atom is 0.358 e. The molecule has 3 aromatic rings. The molecule has 0 bridgehead atoms. The van der Waals surface area contributed by atoms with Crippen LogP contribution in [0.25, 0.3) is 11.3 Å². The summed E-state index contributed by atoms with van der Waals surface area (Å²) in [6, 6.07) is 3.50. The Hall–Kier alpha value is -3.03. The fourth-order valence-electron chi connectivity index (χ4n) is 2.23. The van der Waals surface area contributed by atoms with Gasteiger partial charge < -0.3 is 9.63 Å². The van der Waals surface area contributed by atoms with Crippen molar-refractivity contribution in [3.05, 3.63) is 47.2 Å². The SMILES string of the molecule is Cc1noc(C)c1Cn1nnc(C(=O)O)c1-c1cccnc1. The molecule has 3 rings (SSSR count). The van der Waals surface area contributed by atoms with Crippen molar-refractivity contribution >= 4 is 5.97 Å². The molecule has 0 spiro atoms. The second kappa shape index (κ2) is 5.40. The highest BCUT2D eigenvalue weighted by Gasteiger charge is 2.22. The fraction of sp³-hybridized carbons (Fsp3) is 0.214. The first-order valence-electron chi connectivity index (χ1n) is 6.57. The van der Waals surface area contributed by atoms with E-state index in [-0.39, 0.29) is 5.69 Å². The van der Waals surface area contributed by atoms with Crippen LogP contribution >= 0.6 is 0 Å². The van der Waals surface area contributed by atoms with Gasteiger partial charge in [0.15, 0.2) is 5.69 Å². The first-order chi connectivity index (χ1) is 10.6. The first kappa shape index (κ1) is 13.9. The third-order valence-corrected chi connectivity index (χ3v) is 3.36. The summed E-state index contributed by atoms with van der Waals surface area (Å²) in [4.78, 5) is 15.4. The number of aryl methyl sites for hydroxylation is 2. The number of nitrogens with zero attached hydrogens (tertiary/aromatic N) is 5. The molecule has 1 N–H and O–H groups in total. The van der Waals surface area contributed by atoms with E-state index in [1.807, 2.05) is 6.92 Å². The number of pyridine rings is 1. The zero-order valence-corrected chi connectivity index (χ0v) is 12.0. The van der Waals surface area contributed by atoms with Gasteiger partial charge in [0, 0.05) is 23.5 Å². The normalized spacial score (nSPS) is 10.8. The average Bonchev–Trinajstić information content (AvgIpc) is 3.07. The molecule has 0 aliphatic heterocycles. The summed E-state index contributed by atoms with van der Waals surface area (Å²) in [5.41, 5.74) is 2.52. The van der Waals surface area contributed by atoms with Gasteiger partial charge in [-0.25, -0.2) is 9.48 Å². The Kier molecular flexibility index (Phi) is 3.42. The molecule has 0 aromatic carbocycles. The molecule has 8 heteroatoms. The van der Waals surface area contributed by atoms with E-state index >= 15 is 0 Å². The minimum Gasteiger partial charge on any atom is -0.476 e. The Morgan fingerprint density at radius 3 is 2.82 bits per heavy atom. The molecule has 22 heavy (non-hydrogen) atoms. The maximum atomic E-state index is 11.4. The van der Waals surface area contributed by atoms with E-state index < -0.39 is 5.97 Å². The van der Waals surface area contributed by atoms with Gasteiger partial charge in [-0.1, -0.05) is 10.4 Å². The molecule has 3 heterocycles. The van der Waals surface area contributed by atoms with Crippen LogP contribution in [0.1, 0.15) is 27.5 Å². The molecule has 112 valence electrons. The van der Waals surface area contributed by atoms with E-state index in [4.69, 9.17) is 4.52 Å². The van der Waals surface area contributed by atoms with Crippen molar-refractivity contribution in [3.8, 4) is 11.3 Å². The third kappa shape index (κ3) is 2.34. The van der Waals surface area contributed by atoms with E-state index in [2.05, 4.69) is 20.5 Å². The standard InChI is InChI=1S/C14H13N5O3/c1-8-11(9(2)22-17-8)7-19-13(10-4-3-5-15-6-10)12(14(20)21)16-18-19/h3-6H,7H2,1-2H3,(H,20,21). The quantitative estimate of drug-likeness (QED) is 0.781. The zero-order valence-electron chi connectivity index (χ0n) is 12.0. The van der Waals surface area contributed by atoms with Crippen LogP contribution in [0.4, 0.5) is 0 Å². The lowest BCUT2D eigenvalue weighted by atomic mass is 10.1. The molecule has 0 fully saturated rings. The second-order valence-electron chi connectivity index (χ2n) is 4.79. The predicted octanol–water partition coefficient (Wildman–Crippen LogP) is 1.69. The van der Waals surface area contributed by atoms with E-state index in [1.54, 1.807) is 31.5 Å². The summed E-state index contributed by atoms with van der Waals surface area (Å²) in [7, 11) is 0. The fourth-order valence-corrected chi connectivity index (χ4v) is 2.23. The number of rotatable bonds is 4. The summed E-state index contributed by atoms with van der Waals surface area (Å²) in [5.74, 6) is -0.467. The van der Waals surface area contributed by atoms with E-state index in [0.717, 1.165) is 11.3 Å². The van der Waals surface area contributed by atoms with Crippen molar-refractivity contribution in [2.75, 3.05) is 0 Å². The molecular formula is C14H13N5O3. The Morgan fingerprint density at radius 1 is 1.41 bits per heavy atom. The molecule has 0 saturated heterocycles. The summed E-state index contributed by atoms with van der Waals surface area (Å²) < 4.78 is 6.65. The van der Waals surface area contributed by atoms with Gasteiger partial charge in [-0.2, -0.15) is 0 Å². The van der Waals surface area contributed by atoms with Gasteiger partial charge in [-0.05, 0) is 26.0 Å². The Labute approximate surface area is 125 Å². The molecule has 0 radical (unpaired) electrons. The number of carboxylic acids is 1. The molecule has 0 amide bonds. The lowest BCUT2D eigenvalue weighted by Crippen LogP contribution is -2.07. The van der Waals surface area contributed by atoms with Gasteiger partial charge in [0.25, 0.3) is 0 Å². The average molecular weight is 299 g/mol. The van der Waals surface area contributed by atoms with Gasteiger partial charge in [-0.3, -0.25) is 4.98 Å². The second-order valence-corrected chi connectivity index (χ2v) is 4.79. The molecule has 0 aliphatic rings. The first-order valence-corrected chi connectivity index (χ1v) is 6.57. The maximum absolute atomic E-state index is 11.4. The van der Waals surface area contributed by atoms with Crippen molar-refractivity contribution in [3.63, 3.8) is 0 Å². The van der Waals surface area contributed by atoms with Crippen LogP contribution in [-0.4, -0.2) is 36.2 Å². The van der Waals surface area contributed by atoms with Crippen LogP contribution in [0.3, 0.4) is 0 Å². The van der Waals surface area contributed by atoms with E-state index in [1.165, 1.54) is 4.68 Å². The number of carbonyl (C=O) groups is 1. The molecule has 0 unspecified atom stereocenters. The van der Waals surface area contributed by atoms with Crippen LogP contribution in [0.5, 0.6) is 0 Å². The van der Waals surface area contributed by atoms with E-state index in [9.17, 15) is 9.90 Å². The lowest BCUT2D eigenvalue weighted by molar-refractivity contribution is 0.0691. The van der Waals surface area contributed by atoms with Crippen molar-refractivity contribution in [2.45, 2.75) is 20.4 Å². The van der Waals surface area contributed by atoms with Crippen LogP contribution in [0.2, 0.25) is 0 Å². The van der Waals surface area contributed by atoms with Gasteiger partial charge in [0.05, 0.1) is 12.2 Å². The van der Waals surface area contributed by atoms with Crippen LogP contribution < -0.4 is 0 Å². The number of hydrogen-bond acceptors (Lipinski definition) is 6. The van der Waals surface area contributed by atoms with Crippen molar-refractivity contribution in [1.82, 2.24) is 25.1 Å². The van der Waals surface area contributed by atoms with Gasteiger partial charge in [0.2, 0.25) is 0 Å². The lowest BCUT2D eigenvalue weighted by Gasteiger charge is -2.06. The topological polar surface area (TPSA) is 107 Å². The van der Waals surface area contributed by atoms with Crippen molar-refractivity contribution < 1.29 is 14.4 Å². The summed E-state index contributed by atoms with van der Waals surface area (Å²) in [6.07, 6.45) is 3.20. The monoisotopic (exact) mass is 299 g/mol. The number of aromatic nitrogens is 5. The highest BCUT2D eigenvalue weighted by molar-refractivity contribution is 5.92. The van der Waals surface area contributed by atoms with E-state index in [0.29, 0.717) is 23.6 Å². The largest absolute Gasteiger partial charge is 0.476 e. The highest BCUT2D eigenvalue weighted by atomic mass is 16.5. The molecular weight excluding hydrogens is 286 g/mol. The summed E-state index contributed by atoms with van der Waals surface area (Å²) in [6.45, 7) is 3.95. The minimum absolute atomic E-state index is 0.111. The molecule has 8 nitrogen and oxygen atoms in total. The molecule has 0 saturated carbocycles. The predicted molar refractivity (Wildman–Crippen MR) is 75.3 cm³/mol. The zero-order chi connectivity index (χ0) is 15.7. The van der Waals surface area contributed by atoms with Gasteiger partial charge >= 0.3 is 5.97 Å². The van der Waals surface area contributed by atoms with Crippen LogP contribution in [0.15, 0.2) is 29.0 Å². The molecule has 0 atom stereocenters. The number of aromatic carboxylic acids is 1. The Morgan fingerprint density at radius 2 is 2.23 bits per heavy atom. The van der Waals surface area contributed by atoms with Crippen LogP contribution in [0, 0.1) is 13.8 Å². The highest BCUT2D eigenvalue weighted by Crippen LogP contribution is 2.23. The van der Waals surface area contributed by atoms with Crippen LogP contribution in [-0.2, 0) is 6.54 Å². The van der Waals surface area contributed by atoms with Crippen molar-refractivity contribution in [1.29, 1.82) is 0 Å². The third-order valence-electron chi connectivity index (χ3n) is 3.36. The molecule has 0 aliphatic carbocycles. The smallest absolute Gasteiger partial charge is 0.358 e. The summed E-state index contributed by atoms with van der Waals surface area (Å²) >= 11 is 0. The number of carboxylic acid groups (broad SMARTS) is 1. The minimum atomic E-state index is -1.14. The summed E-state index contributed by atoms with van der Waals surface area (Å²) in [5, 5.41) is 20.9. The van der Waals surface area contributed by atoms with Gasteiger partial charge in [0.1, 0.15) is 11.5 Å². The number of hydrogen-bond donors (Lipinski definition) is 1.